The molecule has 0 fully saturated rings. The maximum atomic E-state index is 14.2. The maximum Gasteiger partial charge on any atom is 0.193 e. The Morgan fingerprint density at radius 1 is 1.00 bits per heavy atom. The molecule has 22 heavy (non-hydrogen) atoms. The summed E-state index contributed by atoms with van der Waals surface area (Å²) in [5.74, 6) is -0.508. The summed E-state index contributed by atoms with van der Waals surface area (Å²) in [7, 11) is 3.85. The zero-order valence-electron chi connectivity index (χ0n) is 11.7. The molecule has 0 saturated carbocycles. The van der Waals surface area contributed by atoms with Crippen LogP contribution in [0, 0.1) is 25.5 Å². The fraction of sp³-hybridized carbons (Fsp3) is 0.143. The van der Waals surface area contributed by atoms with Crippen LogP contribution in [0.15, 0.2) is 34.1 Å². The van der Waals surface area contributed by atoms with E-state index in [0.717, 1.165) is 21.6 Å². The van der Waals surface area contributed by atoms with Gasteiger partial charge in [0, 0.05) is 0 Å². The van der Waals surface area contributed by atoms with Crippen LogP contribution < -0.4 is 9.83 Å². The molecular formula is C14H12F2O2P2S2. The molecule has 116 valence electrons. The monoisotopic (exact) mass is 376 g/mol. The Kier molecular flexibility index (Phi) is 6.22. The van der Waals surface area contributed by atoms with Gasteiger partial charge in [-0.25, -0.2) is 8.78 Å². The fourth-order valence-corrected chi connectivity index (χ4v) is 5.16. The normalized spacial score (nSPS) is 11.0. The van der Waals surface area contributed by atoms with E-state index in [9.17, 15) is 13.3 Å². The lowest BCUT2D eigenvalue weighted by molar-refractivity contribution is 0.558. The van der Waals surface area contributed by atoms with Crippen LogP contribution in [-0.2, 0) is 4.57 Å². The van der Waals surface area contributed by atoms with Crippen molar-refractivity contribution in [3.63, 3.8) is 0 Å². The van der Waals surface area contributed by atoms with E-state index < -0.39 is 11.6 Å². The minimum Gasteiger partial charge on any atom is -0.479 e. The van der Waals surface area contributed by atoms with E-state index >= 15 is 0 Å². The van der Waals surface area contributed by atoms with Crippen LogP contribution in [0.4, 0.5) is 8.78 Å². The lowest BCUT2D eigenvalue weighted by Gasteiger charge is -2.11. The molecule has 2 rings (SSSR count). The quantitative estimate of drug-likeness (QED) is 0.511. The van der Waals surface area contributed by atoms with E-state index in [2.05, 4.69) is 9.47 Å². The molecule has 2 aromatic rings. The van der Waals surface area contributed by atoms with Crippen LogP contribution in [0.25, 0.3) is 0 Å². The second-order valence-corrected chi connectivity index (χ2v) is 7.49. The van der Waals surface area contributed by atoms with E-state index in [1.807, 2.05) is 0 Å². The lowest BCUT2D eigenvalue weighted by Crippen LogP contribution is -2.01. The van der Waals surface area contributed by atoms with Gasteiger partial charge in [-0.15, -0.1) is 0 Å². The minimum absolute atomic E-state index is 0.234. The number of hydrogen-bond acceptors (Lipinski definition) is 4. The minimum atomic E-state index is -0.445. The molecule has 0 radical (unpaired) electrons. The van der Waals surface area contributed by atoms with Gasteiger partial charge in [0.05, 0.1) is 24.6 Å². The average molecular weight is 376 g/mol. The number of halogens is 2. The second kappa shape index (κ2) is 7.74. The van der Waals surface area contributed by atoms with Crippen molar-refractivity contribution in [3.05, 3.63) is 47.0 Å². The molecule has 1 unspecified atom stereocenters. The summed E-state index contributed by atoms with van der Waals surface area (Å²) in [6.07, 6.45) is 0. The van der Waals surface area contributed by atoms with E-state index in [1.165, 1.54) is 0 Å². The topological polar surface area (TPSA) is 26.3 Å². The van der Waals surface area contributed by atoms with Gasteiger partial charge in [-0.05, 0) is 58.7 Å². The third-order valence-electron chi connectivity index (χ3n) is 2.96. The van der Waals surface area contributed by atoms with Crippen LogP contribution in [0.3, 0.4) is 0 Å². The van der Waals surface area contributed by atoms with Crippen LogP contribution in [0.5, 0.6) is 5.75 Å². The molecule has 1 atom stereocenters. The van der Waals surface area contributed by atoms with E-state index in [4.69, 9.17) is 4.52 Å². The molecular weight excluding hydrogens is 364 g/mol. The summed E-state index contributed by atoms with van der Waals surface area (Å²) in [6, 6.07) is 6.41. The summed E-state index contributed by atoms with van der Waals surface area (Å²) in [5.41, 5.74) is 0.920. The molecule has 2 aromatic carbocycles. The van der Waals surface area contributed by atoms with Crippen LogP contribution in [0.2, 0.25) is 0 Å². The van der Waals surface area contributed by atoms with Crippen molar-refractivity contribution in [1.29, 1.82) is 0 Å². The van der Waals surface area contributed by atoms with Gasteiger partial charge in [0.25, 0.3) is 0 Å². The van der Waals surface area contributed by atoms with Gasteiger partial charge in [0.2, 0.25) is 0 Å². The highest BCUT2D eigenvalue weighted by Crippen LogP contribution is 2.45. The highest BCUT2D eigenvalue weighted by Gasteiger charge is 2.18. The average Bonchev–Trinajstić information content (AvgIpc) is 2.52. The molecule has 2 nitrogen and oxygen atoms in total. The standard InChI is InChI=1S/C14H12F2O2P2S2/c1-7-3-5-9(18-19)13(11(7)15)21-22-14-10(20-17)6-4-8(2)12(14)16/h3-6H,19H2,1-2H3. The van der Waals surface area contributed by atoms with Gasteiger partial charge >= 0.3 is 0 Å². The smallest absolute Gasteiger partial charge is 0.193 e. The largest absolute Gasteiger partial charge is 0.479 e. The van der Waals surface area contributed by atoms with E-state index in [0.29, 0.717) is 22.2 Å². The van der Waals surface area contributed by atoms with Crippen molar-refractivity contribution < 1.29 is 17.9 Å². The molecule has 0 N–H and O–H groups in total. The first-order valence-electron chi connectivity index (χ1n) is 6.12. The summed E-state index contributed by atoms with van der Waals surface area (Å²) in [6.45, 7) is 3.27. The van der Waals surface area contributed by atoms with Gasteiger partial charge in [0.1, 0.15) is 17.4 Å². The van der Waals surface area contributed by atoms with Crippen molar-refractivity contribution in [2.45, 2.75) is 23.6 Å². The van der Waals surface area contributed by atoms with Crippen molar-refractivity contribution in [3.8, 4) is 5.75 Å². The summed E-state index contributed by atoms with van der Waals surface area (Å²) in [4.78, 5) is 0.506. The molecule has 0 amide bonds. The van der Waals surface area contributed by atoms with Gasteiger partial charge in [0.15, 0.2) is 8.46 Å². The zero-order valence-corrected chi connectivity index (χ0v) is 15.4. The van der Waals surface area contributed by atoms with E-state index in [1.54, 1.807) is 38.1 Å². The molecule has 0 heterocycles. The van der Waals surface area contributed by atoms with Crippen LogP contribution in [0.1, 0.15) is 11.1 Å². The number of rotatable bonds is 5. The third-order valence-corrected chi connectivity index (χ3v) is 6.38. The first-order valence-corrected chi connectivity index (χ1v) is 9.55. The van der Waals surface area contributed by atoms with Crippen LogP contribution >= 0.6 is 39.5 Å². The Labute approximate surface area is 139 Å². The Morgan fingerprint density at radius 3 is 2.14 bits per heavy atom. The van der Waals surface area contributed by atoms with Crippen molar-refractivity contribution in [2.75, 3.05) is 0 Å². The Bertz CT molecular complexity index is 726. The maximum absolute atomic E-state index is 14.2. The van der Waals surface area contributed by atoms with Crippen LogP contribution in [-0.4, -0.2) is 0 Å². The summed E-state index contributed by atoms with van der Waals surface area (Å²) in [5, 5.41) is 0.335. The summed E-state index contributed by atoms with van der Waals surface area (Å²) < 4.78 is 44.7. The predicted octanol–water partition coefficient (Wildman–Crippen LogP) is 5.47. The number of benzene rings is 2. The van der Waals surface area contributed by atoms with Gasteiger partial charge in [-0.2, -0.15) is 0 Å². The number of aryl methyl sites for hydroxylation is 2. The molecule has 0 aromatic heterocycles. The lowest BCUT2D eigenvalue weighted by atomic mass is 10.2. The highest BCUT2D eigenvalue weighted by molar-refractivity contribution is 8.76. The highest BCUT2D eigenvalue weighted by atomic mass is 33.1. The molecule has 8 heteroatoms. The summed E-state index contributed by atoms with van der Waals surface area (Å²) >= 11 is 0. The third kappa shape index (κ3) is 3.62. The van der Waals surface area contributed by atoms with E-state index in [-0.39, 0.29) is 18.3 Å². The second-order valence-electron chi connectivity index (χ2n) is 4.44. The molecule has 0 aliphatic rings. The van der Waals surface area contributed by atoms with Crippen molar-refractivity contribution >= 4 is 44.8 Å². The Hall–Kier alpha value is -0.670. The predicted molar refractivity (Wildman–Crippen MR) is 91.6 cm³/mol. The molecule has 0 aliphatic heterocycles. The molecule has 0 saturated heterocycles. The Balaban J connectivity index is 2.37. The zero-order chi connectivity index (χ0) is 16.3. The molecule has 0 bridgehead atoms. The fourth-order valence-electron chi connectivity index (χ4n) is 1.69. The Morgan fingerprint density at radius 2 is 1.55 bits per heavy atom. The van der Waals surface area contributed by atoms with Crippen molar-refractivity contribution in [1.82, 2.24) is 0 Å². The first kappa shape index (κ1) is 17.7. The van der Waals surface area contributed by atoms with Gasteiger partial charge < -0.3 is 4.52 Å². The first-order chi connectivity index (χ1) is 10.5. The van der Waals surface area contributed by atoms with Gasteiger partial charge in [-0.3, -0.25) is 4.57 Å². The number of hydrogen-bond donors (Lipinski definition) is 0. The molecule has 0 aliphatic carbocycles. The SMILES string of the molecule is Cc1ccc(OP)c(SSc2c(P=O)ccc(C)c2F)c1F. The van der Waals surface area contributed by atoms with Crippen molar-refractivity contribution in [2.24, 2.45) is 0 Å². The van der Waals surface area contributed by atoms with Gasteiger partial charge in [-0.1, -0.05) is 12.1 Å². The molecule has 0 spiro atoms.